The van der Waals surface area contributed by atoms with Gasteiger partial charge < -0.3 is 15.5 Å². The van der Waals surface area contributed by atoms with Crippen LogP contribution in [0.5, 0.6) is 0 Å². The number of aromatic carboxylic acids is 1. The molecular weight excluding hydrogens is 443 g/mol. The zero-order chi connectivity index (χ0) is 23.4. The molecule has 1 aromatic carbocycles. The molecule has 0 saturated heterocycles. The summed E-state index contributed by atoms with van der Waals surface area (Å²) in [5.74, 6) is -3.66. The van der Waals surface area contributed by atoms with E-state index in [2.05, 4.69) is 5.32 Å². The van der Waals surface area contributed by atoms with Crippen LogP contribution in [0.4, 0.5) is 4.39 Å². The zero-order valence-electron chi connectivity index (χ0n) is 16.6. The minimum absolute atomic E-state index is 0.0328. The average molecular weight is 461 g/mol. The molecular formula is C22H18ClFN2O6. The fraction of sp³-hybridized carbons (Fsp3) is 0.182. The minimum atomic E-state index is -1.44. The highest BCUT2D eigenvalue weighted by Crippen LogP contribution is 2.21. The number of carboxylic acid groups (broad SMARTS) is 2. The third kappa shape index (κ3) is 5.12. The first kappa shape index (κ1) is 23.0. The summed E-state index contributed by atoms with van der Waals surface area (Å²) in [7, 11) is 0. The van der Waals surface area contributed by atoms with E-state index in [4.69, 9.17) is 16.7 Å². The Labute approximate surface area is 185 Å². The molecule has 0 atom stereocenters. The summed E-state index contributed by atoms with van der Waals surface area (Å²) in [5.41, 5.74) is 0.287. The number of amides is 1. The molecule has 1 amide bonds. The molecule has 2 heterocycles. The summed E-state index contributed by atoms with van der Waals surface area (Å²) < 4.78 is 15.4. The van der Waals surface area contributed by atoms with Gasteiger partial charge in [-0.15, -0.1) is 0 Å². The lowest BCUT2D eigenvalue weighted by Crippen LogP contribution is -2.27. The van der Waals surface area contributed by atoms with Crippen LogP contribution in [0.25, 0.3) is 5.52 Å². The Morgan fingerprint density at radius 1 is 1.06 bits per heavy atom. The number of fused-ring (bicyclic) bond motifs is 1. The molecule has 8 nitrogen and oxygen atoms in total. The number of pyridine rings is 2. The summed E-state index contributed by atoms with van der Waals surface area (Å²) in [5, 5.41) is 20.6. The minimum Gasteiger partial charge on any atom is -0.481 e. The van der Waals surface area contributed by atoms with Crippen molar-refractivity contribution in [3.63, 3.8) is 0 Å². The lowest BCUT2D eigenvalue weighted by molar-refractivity contribution is -0.138. The average Bonchev–Trinajstić information content (AvgIpc) is 2.75. The van der Waals surface area contributed by atoms with Crippen LogP contribution in [0.2, 0.25) is 5.02 Å². The number of nitrogens with one attached hydrogen (secondary N) is 1. The predicted molar refractivity (Wildman–Crippen MR) is 114 cm³/mol. The second-order valence-corrected chi connectivity index (χ2v) is 7.45. The molecule has 0 aliphatic rings. The number of benzene rings is 1. The van der Waals surface area contributed by atoms with E-state index in [1.807, 2.05) is 0 Å². The Hall–Kier alpha value is -3.72. The van der Waals surface area contributed by atoms with Crippen LogP contribution < -0.4 is 10.9 Å². The molecule has 3 aromatic rings. The van der Waals surface area contributed by atoms with Gasteiger partial charge in [0.15, 0.2) is 0 Å². The van der Waals surface area contributed by atoms with Crippen molar-refractivity contribution >= 4 is 35.0 Å². The van der Waals surface area contributed by atoms with E-state index < -0.39 is 34.8 Å². The normalized spacial score (nSPS) is 10.8. The van der Waals surface area contributed by atoms with Crippen LogP contribution in [0, 0.1) is 5.82 Å². The molecule has 166 valence electrons. The number of rotatable bonds is 8. The number of hydrogen-bond donors (Lipinski definition) is 3. The molecule has 0 bridgehead atoms. The Morgan fingerprint density at radius 2 is 1.81 bits per heavy atom. The van der Waals surface area contributed by atoms with Crippen molar-refractivity contribution in [3.05, 3.63) is 86.0 Å². The smallest absolute Gasteiger partial charge is 0.341 e. The zero-order valence-corrected chi connectivity index (χ0v) is 17.4. The van der Waals surface area contributed by atoms with Gasteiger partial charge in [0.2, 0.25) is 5.91 Å². The van der Waals surface area contributed by atoms with Crippen LogP contribution in [0.15, 0.2) is 47.4 Å². The fourth-order valence-corrected chi connectivity index (χ4v) is 3.42. The third-order valence-electron chi connectivity index (χ3n) is 4.81. The Morgan fingerprint density at radius 3 is 2.50 bits per heavy atom. The van der Waals surface area contributed by atoms with Crippen LogP contribution in [0.3, 0.4) is 0 Å². The van der Waals surface area contributed by atoms with E-state index in [0.717, 1.165) is 4.40 Å². The van der Waals surface area contributed by atoms with Crippen molar-refractivity contribution in [2.24, 2.45) is 0 Å². The van der Waals surface area contributed by atoms with Gasteiger partial charge in [-0.05, 0) is 34.9 Å². The maximum atomic E-state index is 14.2. The van der Waals surface area contributed by atoms with E-state index in [9.17, 15) is 28.7 Å². The molecule has 0 saturated carbocycles. The maximum absolute atomic E-state index is 14.2. The summed E-state index contributed by atoms with van der Waals surface area (Å²) in [6.45, 7) is -0.106. The number of nitrogens with zero attached hydrogens (tertiary/aromatic N) is 1. The lowest BCUT2D eigenvalue weighted by Gasteiger charge is -2.13. The van der Waals surface area contributed by atoms with Gasteiger partial charge in [-0.25, -0.2) is 9.18 Å². The maximum Gasteiger partial charge on any atom is 0.341 e. The molecule has 0 radical (unpaired) electrons. The highest BCUT2D eigenvalue weighted by molar-refractivity contribution is 6.30. The molecule has 0 aliphatic carbocycles. The first-order chi connectivity index (χ1) is 15.2. The quantitative estimate of drug-likeness (QED) is 0.474. The third-order valence-corrected chi connectivity index (χ3v) is 5.10. The monoisotopic (exact) mass is 460 g/mol. The van der Waals surface area contributed by atoms with Crippen molar-refractivity contribution in [1.29, 1.82) is 0 Å². The van der Waals surface area contributed by atoms with E-state index in [-0.39, 0.29) is 30.8 Å². The second kappa shape index (κ2) is 9.61. The number of carbonyl (C=O) groups is 3. The fourth-order valence-electron chi connectivity index (χ4n) is 3.22. The number of carboxylic acids is 2. The molecule has 0 unspecified atom stereocenters. The standard InChI is InChI=1S/C22H18ClFN2O6/c23-16-3-1-2-13(20(16)24)8-12-4-5-17-14(10-25-18(27)6-7-19(28)29)9-15(22(31)32)21(30)26(17)11-12/h1-5,9,11H,6-8,10H2,(H,25,27)(H,28,29)(H,31,32). The van der Waals surface area contributed by atoms with Gasteiger partial charge in [-0.1, -0.05) is 29.8 Å². The van der Waals surface area contributed by atoms with Gasteiger partial charge in [0.25, 0.3) is 5.56 Å². The Balaban J connectivity index is 1.98. The number of aromatic nitrogens is 1. The van der Waals surface area contributed by atoms with E-state index in [1.165, 1.54) is 18.3 Å². The van der Waals surface area contributed by atoms with Crippen LogP contribution in [0.1, 0.15) is 39.9 Å². The summed E-state index contributed by atoms with van der Waals surface area (Å²) in [4.78, 5) is 46.7. The topological polar surface area (TPSA) is 125 Å². The van der Waals surface area contributed by atoms with Crippen molar-refractivity contribution < 1.29 is 29.0 Å². The molecule has 0 aliphatic heterocycles. The summed E-state index contributed by atoms with van der Waals surface area (Å²) in [6, 6.07) is 8.98. The molecule has 0 fully saturated rings. The number of carbonyl (C=O) groups excluding carboxylic acids is 1. The molecule has 3 rings (SSSR count). The van der Waals surface area contributed by atoms with Gasteiger partial charge >= 0.3 is 11.9 Å². The van der Waals surface area contributed by atoms with Gasteiger partial charge in [0.1, 0.15) is 11.4 Å². The lowest BCUT2D eigenvalue weighted by atomic mass is 10.0. The van der Waals surface area contributed by atoms with Gasteiger partial charge in [0.05, 0.1) is 17.0 Å². The first-order valence-electron chi connectivity index (χ1n) is 9.49. The molecule has 2 aromatic heterocycles. The summed E-state index contributed by atoms with van der Waals surface area (Å²) in [6.07, 6.45) is 0.958. The second-order valence-electron chi connectivity index (χ2n) is 7.05. The van der Waals surface area contributed by atoms with Gasteiger partial charge in [-0.3, -0.25) is 18.8 Å². The largest absolute Gasteiger partial charge is 0.481 e. The van der Waals surface area contributed by atoms with E-state index in [0.29, 0.717) is 22.2 Å². The number of halogens is 2. The van der Waals surface area contributed by atoms with Crippen LogP contribution in [-0.2, 0) is 22.6 Å². The van der Waals surface area contributed by atoms with Crippen molar-refractivity contribution in [2.45, 2.75) is 25.8 Å². The van der Waals surface area contributed by atoms with E-state index in [1.54, 1.807) is 24.3 Å². The van der Waals surface area contributed by atoms with Gasteiger partial charge in [-0.2, -0.15) is 0 Å². The van der Waals surface area contributed by atoms with Crippen LogP contribution in [-0.4, -0.2) is 32.5 Å². The summed E-state index contributed by atoms with van der Waals surface area (Å²) >= 11 is 5.81. The van der Waals surface area contributed by atoms with Crippen molar-refractivity contribution in [1.82, 2.24) is 9.72 Å². The highest BCUT2D eigenvalue weighted by Gasteiger charge is 2.16. The van der Waals surface area contributed by atoms with Crippen LogP contribution >= 0.6 is 11.6 Å². The molecule has 3 N–H and O–H groups in total. The first-order valence-corrected chi connectivity index (χ1v) is 9.87. The van der Waals surface area contributed by atoms with Crippen molar-refractivity contribution in [3.8, 4) is 0 Å². The Bertz CT molecular complexity index is 1290. The molecule has 32 heavy (non-hydrogen) atoms. The Kier molecular flexibility index (Phi) is 6.89. The number of aliphatic carboxylic acids is 1. The van der Waals surface area contributed by atoms with Crippen molar-refractivity contribution in [2.75, 3.05) is 0 Å². The van der Waals surface area contributed by atoms with E-state index >= 15 is 0 Å². The molecule has 0 spiro atoms. The van der Waals surface area contributed by atoms with Gasteiger partial charge in [0, 0.05) is 25.6 Å². The molecule has 10 heteroatoms. The predicted octanol–water partition coefficient (Wildman–Crippen LogP) is 2.86. The number of hydrogen-bond acceptors (Lipinski definition) is 4. The SMILES string of the molecule is O=C(O)CCC(=O)NCc1cc(C(=O)O)c(=O)n2cc(Cc3cccc(Cl)c3F)ccc12. The highest BCUT2D eigenvalue weighted by atomic mass is 35.5.